The highest BCUT2D eigenvalue weighted by molar-refractivity contribution is 8.14. The zero-order valence-electron chi connectivity index (χ0n) is 9.59. The number of thioether (sulfide) groups is 1. The molecule has 2 aromatic carbocycles. The first-order valence-electron chi connectivity index (χ1n) is 5.68. The van der Waals surface area contributed by atoms with Crippen LogP contribution < -0.4 is 5.32 Å². The minimum atomic E-state index is 0.0533. The van der Waals surface area contributed by atoms with Crippen LogP contribution in [0.5, 0.6) is 0 Å². The van der Waals surface area contributed by atoms with Gasteiger partial charge in [-0.15, -0.1) is 0 Å². The van der Waals surface area contributed by atoms with Crippen molar-refractivity contribution in [1.29, 1.82) is 0 Å². The standard InChI is InChI=1S/C15H11NOS/c17-15-13(10-11-6-2-1-3-7-11)16-12-8-4-5-9-14(12)18-15/h1-10,16H. The topological polar surface area (TPSA) is 29.1 Å². The van der Waals surface area contributed by atoms with Gasteiger partial charge in [-0.25, -0.2) is 0 Å². The number of hydrogen-bond acceptors (Lipinski definition) is 3. The van der Waals surface area contributed by atoms with E-state index in [1.165, 1.54) is 11.8 Å². The molecule has 0 unspecified atom stereocenters. The highest BCUT2D eigenvalue weighted by Gasteiger charge is 2.20. The van der Waals surface area contributed by atoms with Gasteiger partial charge in [0.2, 0.25) is 5.12 Å². The van der Waals surface area contributed by atoms with Gasteiger partial charge in [0.05, 0.1) is 11.4 Å². The van der Waals surface area contributed by atoms with Crippen LogP contribution in [0.4, 0.5) is 5.69 Å². The fourth-order valence-corrected chi connectivity index (χ4v) is 2.62. The van der Waals surface area contributed by atoms with Gasteiger partial charge in [0.1, 0.15) is 0 Å². The van der Waals surface area contributed by atoms with Crippen molar-refractivity contribution < 1.29 is 4.79 Å². The van der Waals surface area contributed by atoms with Gasteiger partial charge < -0.3 is 5.32 Å². The maximum Gasteiger partial charge on any atom is 0.240 e. The summed E-state index contributed by atoms with van der Waals surface area (Å²) in [5.74, 6) is 0. The van der Waals surface area contributed by atoms with Gasteiger partial charge >= 0.3 is 0 Å². The first-order valence-corrected chi connectivity index (χ1v) is 6.49. The first-order chi connectivity index (χ1) is 8.83. The van der Waals surface area contributed by atoms with Crippen molar-refractivity contribution in [2.75, 3.05) is 5.32 Å². The van der Waals surface area contributed by atoms with Gasteiger partial charge in [-0.1, -0.05) is 42.5 Å². The fraction of sp³-hybridized carbons (Fsp3) is 0. The molecule has 2 nitrogen and oxygen atoms in total. The summed E-state index contributed by atoms with van der Waals surface area (Å²) in [7, 11) is 0. The van der Waals surface area contributed by atoms with Crippen LogP contribution in [0.25, 0.3) is 6.08 Å². The third-order valence-electron chi connectivity index (χ3n) is 2.69. The van der Waals surface area contributed by atoms with E-state index in [1.807, 2.05) is 60.7 Å². The Balaban J connectivity index is 1.96. The van der Waals surface area contributed by atoms with Crippen molar-refractivity contribution in [2.45, 2.75) is 4.90 Å². The molecule has 0 saturated heterocycles. The first kappa shape index (κ1) is 11.1. The molecule has 18 heavy (non-hydrogen) atoms. The summed E-state index contributed by atoms with van der Waals surface area (Å²) in [5.41, 5.74) is 2.64. The van der Waals surface area contributed by atoms with Crippen LogP contribution in [0.15, 0.2) is 65.2 Å². The zero-order chi connectivity index (χ0) is 12.4. The minimum absolute atomic E-state index is 0.0533. The van der Waals surface area contributed by atoms with E-state index in [0.29, 0.717) is 5.70 Å². The number of benzene rings is 2. The van der Waals surface area contributed by atoms with Crippen LogP contribution in [0.2, 0.25) is 0 Å². The van der Waals surface area contributed by atoms with Crippen molar-refractivity contribution in [3.8, 4) is 0 Å². The predicted molar refractivity (Wildman–Crippen MR) is 75.3 cm³/mol. The summed E-state index contributed by atoms with van der Waals surface area (Å²) >= 11 is 1.27. The van der Waals surface area contributed by atoms with Gasteiger partial charge in [0, 0.05) is 4.90 Å². The van der Waals surface area contributed by atoms with E-state index in [1.54, 1.807) is 0 Å². The number of carbonyl (C=O) groups is 1. The van der Waals surface area contributed by atoms with Crippen molar-refractivity contribution in [3.63, 3.8) is 0 Å². The molecule has 88 valence electrons. The summed E-state index contributed by atoms with van der Waals surface area (Å²) in [6.07, 6.45) is 1.88. The number of hydrogen-bond donors (Lipinski definition) is 1. The molecule has 0 bridgehead atoms. The molecule has 3 rings (SSSR count). The molecule has 1 aliphatic heterocycles. The van der Waals surface area contributed by atoms with E-state index in [-0.39, 0.29) is 5.12 Å². The summed E-state index contributed by atoms with van der Waals surface area (Å²) in [6.45, 7) is 0. The van der Waals surface area contributed by atoms with Crippen LogP contribution in [0.1, 0.15) is 5.56 Å². The Kier molecular flexibility index (Phi) is 2.90. The predicted octanol–water partition coefficient (Wildman–Crippen LogP) is 3.77. The minimum Gasteiger partial charge on any atom is -0.351 e. The van der Waals surface area contributed by atoms with E-state index in [2.05, 4.69) is 5.32 Å². The summed E-state index contributed by atoms with van der Waals surface area (Å²) in [6, 6.07) is 17.7. The maximum absolute atomic E-state index is 12.0. The van der Waals surface area contributed by atoms with E-state index >= 15 is 0 Å². The molecule has 3 heteroatoms. The van der Waals surface area contributed by atoms with Crippen LogP contribution in [0, 0.1) is 0 Å². The Morgan fingerprint density at radius 1 is 0.944 bits per heavy atom. The number of nitrogens with one attached hydrogen (secondary N) is 1. The van der Waals surface area contributed by atoms with Gasteiger partial charge in [0.15, 0.2) is 0 Å². The van der Waals surface area contributed by atoms with Crippen LogP contribution in [-0.2, 0) is 4.79 Å². The van der Waals surface area contributed by atoms with E-state index in [4.69, 9.17) is 0 Å². The number of anilines is 1. The Bertz CT molecular complexity index is 619. The smallest absolute Gasteiger partial charge is 0.240 e. The lowest BCUT2D eigenvalue weighted by Crippen LogP contribution is -2.13. The average molecular weight is 253 g/mol. The lowest BCUT2D eigenvalue weighted by atomic mass is 10.2. The van der Waals surface area contributed by atoms with Crippen LogP contribution in [0.3, 0.4) is 0 Å². The molecular formula is C15H11NOS. The van der Waals surface area contributed by atoms with Gasteiger partial charge in [-0.3, -0.25) is 4.79 Å². The maximum atomic E-state index is 12.0. The van der Waals surface area contributed by atoms with Gasteiger partial charge in [-0.05, 0) is 35.5 Å². The number of fused-ring (bicyclic) bond motifs is 1. The molecule has 1 N–H and O–H groups in total. The molecule has 0 spiro atoms. The molecule has 0 aliphatic carbocycles. The SMILES string of the molecule is O=C1Sc2ccccc2NC1=Cc1ccccc1. The molecule has 0 fully saturated rings. The van der Waals surface area contributed by atoms with Crippen molar-refractivity contribution >= 4 is 28.6 Å². The molecule has 1 heterocycles. The molecule has 0 atom stereocenters. The van der Waals surface area contributed by atoms with Crippen molar-refractivity contribution in [2.24, 2.45) is 0 Å². The lowest BCUT2D eigenvalue weighted by molar-refractivity contribution is -0.107. The number of carbonyl (C=O) groups excluding carboxylic acids is 1. The summed E-state index contributed by atoms with van der Waals surface area (Å²) < 4.78 is 0. The van der Waals surface area contributed by atoms with E-state index in [0.717, 1.165) is 16.1 Å². The third-order valence-corrected chi connectivity index (χ3v) is 3.67. The average Bonchev–Trinajstić information content (AvgIpc) is 2.41. The summed E-state index contributed by atoms with van der Waals surface area (Å²) in [4.78, 5) is 13.0. The number of rotatable bonds is 1. The molecule has 0 radical (unpaired) electrons. The van der Waals surface area contributed by atoms with E-state index in [9.17, 15) is 4.79 Å². The normalized spacial score (nSPS) is 16.2. The Hall–Kier alpha value is -2.00. The van der Waals surface area contributed by atoms with E-state index < -0.39 is 0 Å². The third kappa shape index (κ3) is 2.17. The lowest BCUT2D eigenvalue weighted by Gasteiger charge is -2.18. The number of para-hydroxylation sites is 1. The molecule has 0 saturated carbocycles. The molecular weight excluding hydrogens is 242 g/mol. The highest BCUT2D eigenvalue weighted by Crippen LogP contribution is 2.35. The second kappa shape index (κ2) is 4.70. The molecule has 1 aliphatic rings. The Morgan fingerprint density at radius 3 is 2.50 bits per heavy atom. The molecule has 0 aromatic heterocycles. The summed E-state index contributed by atoms with van der Waals surface area (Å²) in [5, 5.41) is 3.24. The Labute approximate surface area is 110 Å². The fourth-order valence-electron chi connectivity index (χ4n) is 1.82. The molecule has 0 amide bonds. The van der Waals surface area contributed by atoms with Crippen LogP contribution >= 0.6 is 11.8 Å². The highest BCUT2D eigenvalue weighted by atomic mass is 32.2. The van der Waals surface area contributed by atoms with Gasteiger partial charge in [0.25, 0.3) is 0 Å². The second-order valence-corrected chi connectivity index (χ2v) is 4.99. The van der Waals surface area contributed by atoms with Crippen LogP contribution in [-0.4, -0.2) is 5.12 Å². The largest absolute Gasteiger partial charge is 0.351 e. The second-order valence-electron chi connectivity index (χ2n) is 3.98. The van der Waals surface area contributed by atoms with Crippen molar-refractivity contribution in [3.05, 3.63) is 65.9 Å². The quantitative estimate of drug-likeness (QED) is 0.784. The Morgan fingerprint density at radius 2 is 1.67 bits per heavy atom. The zero-order valence-corrected chi connectivity index (χ0v) is 10.4. The van der Waals surface area contributed by atoms with Crippen molar-refractivity contribution in [1.82, 2.24) is 0 Å². The molecule has 2 aromatic rings. The van der Waals surface area contributed by atoms with Gasteiger partial charge in [-0.2, -0.15) is 0 Å². The monoisotopic (exact) mass is 253 g/mol.